The molecule has 0 spiro atoms. The Balaban J connectivity index is 1.74. The molecule has 0 aliphatic carbocycles. The normalized spacial score (nSPS) is 10.5. The van der Waals surface area contributed by atoms with E-state index in [0.717, 1.165) is 11.3 Å². The maximum Gasteiger partial charge on any atom is 0.259 e. The van der Waals surface area contributed by atoms with Gasteiger partial charge in [0.25, 0.3) is 5.91 Å². The molecular formula is C18H15N3O3. The van der Waals surface area contributed by atoms with E-state index >= 15 is 0 Å². The number of amides is 1. The van der Waals surface area contributed by atoms with Gasteiger partial charge in [0.2, 0.25) is 10.9 Å². The van der Waals surface area contributed by atoms with Crippen LogP contribution in [0.5, 0.6) is 0 Å². The number of anilines is 1. The maximum absolute atomic E-state index is 12.1. The van der Waals surface area contributed by atoms with Crippen molar-refractivity contribution in [3.8, 4) is 0 Å². The van der Waals surface area contributed by atoms with Crippen molar-refractivity contribution in [1.82, 2.24) is 5.43 Å². The average molecular weight is 321 g/mol. The summed E-state index contributed by atoms with van der Waals surface area (Å²) in [5, 5.41) is 7.00. The molecule has 0 fully saturated rings. The summed E-state index contributed by atoms with van der Waals surface area (Å²) in [6.07, 6.45) is 0. The zero-order chi connectivity index (χ0) is 17.1. The Morgan fingerprint density at radius 1 is 0.958 bits per heavy atom. The number of carbonyl (C=O) groups excluding carboxylic acids is 1. The van der Waals surface area contributed by atoms with E-state index in [2.05, 4.69) is 15.8 Å². The second-order valence-electron chi connectivity index (χ2n) is 5.42. The number of hydrogen-bond donors (Lipinski definition) is 2. The van der Waals surface area contributed by atoms with Gasteiger partial charge in [-0.2, -0.15) is 5.10 Å². The Morgan fingerprint density at radius 2 is 1.54 bits per heavy atom. The van der Waals surface area contributed by atoms with Crippen LogP contribution in [-0.2, 0) is 4.79 Å². The van der Waals surface area contributed by atoms with E-state index < -0.39 is 16.8 Å². The van der Waals surface area contributed by atoms with Gasteiger partial charge in [0.05, 0.1) is 6.54 Å². The highest BCUT2D eigenvalue weighted by molar-refractivity contribution is 5.83. The van der Waals surface area contributed by atoms with Gasteiger partial charge in [-0.1, -0.05) is 42.0 Å². The highest BCUT2D eigenvalue weighted by Gasteiger charge is 2.10. The fraction of sp³-hybridized carbons (Fsp3) is 0.111. The molecule has 3 aromatic rings. The molecule has 3 aromatic carbocycles. The van der Waals surface area contributed by atoms with Crippen molar-refractivity contribution in [2.24, 2.45) is 5.10 Å². The summed E-state index contributed by atoms with van der Waals surface area (Å²) in [4.78, 5) is 36.0. The molecule has 6 heteroatoms. The molecule has 0 saturated heterocycles. The number of benzene rings is 2. The lowest BCUT2D eigenvalue weighted by molar-refractivity contribution is -0.119. The molecule has 6 nitrogen and oxygen atoms in total. The third-order valence-corrected chi connectivity index (χ3v) is 3.64. The summed E-state index contributed by atoms with van der Waals surface area (Å²) in [5.41, 5.74) is 3.22. The van der Waals surface area contributed by atoms with Crippen LogP contribution in [0, 0.1) is 6.92 Å². The summed E-state index contributed by atoms with van der Waals surface area (Å²) in [6.45, 7) is 1.95. The van der Waals surface area contributed by atoms with Crippen molar-refractivity contribution < 1.29 is 4.79 Å². The van der Waals surface area contributed by atoms with E-state index in [-0.39, 0.29) is 11.9 Å². The van der Waals surface area contributed by atoms with Gasteiger partial charge in [-0.05, 0) is 19.1 Å². The third kappa shape index (κ3) is 3.08. The molecule has 1 amide bonds. The molecule has 0 aliphatic heterocycles. The molecule has 2 N–H and O–H groups in total. The number of fused-ring (bicyclic) bond motifs is 1. The van der Waals surface area contributed by atoms with E-state index in [0.29, 0.717) is 10.8 Å². The minimum atomic E-state index is -0.470. The maximum atomic E-state index is 12.1. The highest BCUT2D eigenvalue weighted by atomic mass is 16.2. The van der Waals surface area contributed by atoms with E-state index in [1.807, 2.05) is 31.2 Å². The molecule has 120 valence electrons. The number of aryl methyl sites for hydroxylation is 1. The molecule has 0 heterocycles. The van der Waals surface area contributed by atoms with Crippen LogP contribution in [-0.4, -0.2) is 12.5 Å². The fourth-order valence-electron chi connectivity index (χ4n) is 2.35. The van der Waals surface area contributed by atoms with E-state index in [1.54, 1.807) is 24.3 Å². The Hall–Kier alpha value is -3.28. The largest absolute Gasteiger partial charge is 0.376 e. The minimum Gasteiger partial charge on any atom is -0.376 e. The average Bonchev–Trinajstić information content (AvgIpc) is 2.84. The van der Waals surface area contributed by atoms with E-state index in [9.17, 15) is 14.4 Å². The first-order chi connectivity index (χ1) is 11.6. The number of nitrogens with one attached hydrogen (secondary N) is 2. The van der Waals surface area contributed by atoms with Crippen molar-refractivity contribution in [3.63, 3.8) is 0 Å². The molecule has 0 saturated carbocycles. The van der Waals surface area contributed by atoms with Crippen molar-refractivity contribution >= 4 is 22.4 Å². The molecule has 0 atom stereocenters. The van der Waals surface area contributed by atoms with Crippen LogP contribution in [0.3, 0.4) is 0 Å². The zero-order valence-corrected chi connectivity index (χ0v) is 13.0. The Bertz CT molecular complexity index is 996. The van der Waals surface area contributed by atoms with Crippen LogP contribution in [0.2, 0.25) is 0 Å². The minimum absolute atomic E-state index is 0.0187. The third-order valence-electron chi connectivity index (χ3n) is 3.64. The van der Waals surface area contributed by atoms with Gasteiger partial charge in [-0.15, -0.1) is 0 Å². The second-order valence-corrected chi connectivity index (χ2v) is 5.42. The smallest absolute Gasteiger partial charge is 0.259 e. The van der Waals surface area contributed by atoms with Crippen LogP contribution in [0.25, 0.3) is 10.8 Å². The molecule has 3 rings (SSSR count). The summed E-state index contributed by atoms with van der Waals surface area (Å²) in [5.74, 6) is -0.445. The molecule has 24 heavy (non-hydrogen) atoms. The Labute approximate surface area is 137 Å². The highest BCUT2D eigenvalue weighted by Crippen LogP contribution is 2.07. The number of carbonyl (C=O) groups is 1. The lowest BCUT2D eigenvalue weighted by Crippen LogP contribution is -2.37. The molecule has 0 aromatic heterocycles. The standard InChI is InChI=1S/C18H15N3O3/c1-11-6-8-12(9-7-11)19-10-15(22)20-21-16-17(23)13-4-2-3-5-14(13)18(16)24/h2-9,19H,10H2,1H3,(H,20,22). The Morgan fingerprint density at radius 3 is 2.12 bits per heavy atom. The van der Waals surface area contributed by atoms with Gasteiger partial charge in [-0.3, -0.25) is 14.4 Å². The first-order valence-corrected chi connectivity index (χ1v) is 7.42. The molecular weight excluding hydrogens is 306 g/mol. The van der Waals surface area contributed by atoms with Crippen LogP contribution in [0.1, 0.15) is 5.56 Å². The predicted octanol–water partition coefficient (Wildman–Crippen LogP) is 0.788. The van der Waals surface area contributed by atoms with E-state index in [1.165, 1.54) is 0 Å². The summed E-state index contributed by atoms with van der Waals surface area (Å²) < 4.78 is 0. The second kappa shape index (κ2) is 6.45. The van der Waals surface area contributed by atoms with Crippen LogP contribution >= 0.6 is 0 Å². The zero-order valence-electron chi connectivity index (χ0n) is 13.0. The van der Waals surface area contributed by atoms with Crippen LogP contribution < -0.4 is 27.0 Å². The first kappa shape index (κ1) is 15.6. The van der Waals surface area contributed by atoms with Gasteiger partial charge in [-0.25, -0.2) is 5.43 Å². The monoisotopic (exact) mass is 321 g/mol. The number of hydrogen-bond acceptors (Lipinski definition) is 5. The first-order valence-electron chi connectivity index (χ1n) is 7.42. The quantitative estimate of drug-likeness (QED) is 0.696. The van der Waals surface area contributed by atoms with Gasteiger partial charge in [0.1, 0.15) is 0 Å². The summed E-state index contributed by atoms with van der Waals surface area (Å²) in [7, 11) is 0. The summed E-state index contributed by atoms with van der Waals surface area (Å²) in [6, 6.07) is 14.1. The summed E-state index contributed by atoms with van der Waals surface area (Å²) >= 11 is 0. The van der Waals surface area contributed by atoms with Crippen LogP contribution in [0.4, 0.5) is 5.69 Å². The van der Waals surface area contributed by atoms with Crippen molar-refractivity contribution in [2.45, 2.75) is 6.92 Å². The van der Waals surface area contributed by atoms with Gasteiger partial charge >= 0.3 is 0 Å². The van der Waals surface area contributed by atoms with Crippen molar-refractivity contribution in [3.05, 3.63) is 79.9 Å². The van der Waals surface area contributed by atoms with Gasteiger partial charge in [0, 0.05) is 16.5 Å². The molecule has 0 unspecified atom stereocenters. The van der Waals surface area contributed by atoms with Crippen molar-refractivity contribution in [1.29, 1.82) is 0 Å². The van der Waals surface area contributed by atoms with Gasteiger partial charge in [0.15, 0.2) is 5.36 Å². The molecule has 0 radical (unpaired) electrons. The van der Waals surface area contributed by atoms with Crippen molar-refractivity contribution in [2.75, 3.05) is 11.9 Å². The molecule has 0 aliphatic rings. The SMILES string of the molecule is Cc1ccc(NCC(=O)NN=c2c(=O)c3ccccc3c2=O)cc1. The van der Waals surface area contributed by atoms with Gasteiger partial charge < -0.3 is 5.32 Å². The topological polar surface area (TPSA) is 87.6 Å². The predicted molar refractivity (Wildman–Crippen MR) is 92.2 cm³/mol. The number of rotatable bonds is 4. The lowest BCUT2D eigenvalue weighted by Gasteiger charge is -2.05. The molecule has 0 bridgehead atoms. The van der Waals surface area contributed by atoms with E-state index in [4.69, 9.17) is 0 Å². The Kier molecular flexibility index (Phi) is 4.20. The number of nitrogens with zero attached hydrogens (tertiary/aromatic N) is 1. The fourth-order valence-corrected chi connectivity index (χ4v) is 2.35. The van der Waals surface area contributed by atoms with Crippen LogP contribution in [0.15, 0.2) is 63.2 Å². The lowest BCUT2D eigenvalue weighted by atomic mass is 10.2.